The van der Waals surface area contributed by atoms with Crippen LogP contribution in [0, 0.1) is 0 Å². The van der Waals surface area contributed by atoms with Gasteiger partial charge in [-0.05, 0) is 38.0 Å². The van der Waals surface area contributed by atoms with Crippen molar-refractivity contribution in [1.29, 1.82) is 0 Å². The number of amides is 1. The van der Waals surface area contributed by atoms with E-state index in [2.05, 4.69) is 15.1 Å². The Morgan fingerprint density at radius 2 is 1.97 bits per heavy atom. The summed E-state index contributed by atoms with van der Waals surface area (Å²) < 4.78 is 5.50. The molecule has 2 fully saturated rings. The van der Waals surface area contributed by atoms with Crippen LogP contribution >= 0.6 is 11.6 Å². The number of aromatic nitrogens is 2. The molecule has 2 aromatic rings. The van der Waals surface area contributed by atoms with E-state index in [1.807, 2.05) is 30.0 Å². The van der Waals surface area contributed by atoms with Crippen LogP contribution in [0.1, 0.15) is 49.4 Å². The molecule has 7 heteroatoms. The van der Waals surface area contributed by atoms with E-state index in [-0.39, 0.29) is 5.91 Å². The average molecular weight is 417 g/mol. The summed E-state index contributed by atoms with van der Waals surface area (Å²) in [6.07, 6.45) is 8.28. The lowest BCUT2D eigenvalue weighted by Crippen LogP contribution is -2.52. The summed E-state index contributed by atoms with van der Waals surface area (Å²) in [7, 11) is 0. The van der Waals surface area contributed by atoms with Gasteiger partial charge in [-0.25, -0.2) is 0 Å². The summed E-state index contributed by atoms with van der Waals surface area (Å²) in [5, 5.41) is 7.63. The fourth-order valence-corrected chi connectivity index (χ4v) is 4.74. The van der Waals surface area contributed by atoms with Gasteiger partial charge in [0.2, 0.25) is 0 Å². The summed E-state index contributed by atoms with van der Waals surface area (Å²) in [6, 6.07) is 6.26. The third-order valence-corrected chi connectivity index (χ3v) is 6.38. The molecule has 1 aromatic carbocycles. The highest BCUT2D eigenvalue weighted by Gasteiger charge is 2.29. The first-order chi connectivity index (χ1) is 14.2. The quantitative estimate of drug-likeness (QED) is 0.792. The number of piperazine rings is 1. The lowest BCUT2D eigenvalue weighted by atomic mass is 9.94. The molecule has 1 aliphatic heterocycles. The molecule has 1 aliphatic carbocycles. The van der Waals surface area contributed by atoms with Crippen LogP contribution in [-0.2, 0) is 0 Å². The van der Waals surface area contributed by atoms with Gasteiger partial charge < -0.3 is 9.64 Å². The molecule has 2 heterocycles. The molecule has 0 spiro atoms. The van der Waals surface area contributed by atoms with Crippen molar-refractivity contribution in [3.8, 4) is 17.0 Å². The van der Waals surface area contributed by atoms with Gasteiger partial charge in [-0.2, -0.15) is 5.10 Å². The molecule has 2 aliphatic rings. The zero-order valence-electron chi connectivity index (χ0n) is 17.0. The Kier molecular flexibility index (Phi) is 6.40. The number of H-pyrrole nitrogens is 1. The number of benzene rings is 1. The monoisotopic (exact) mass is 416 g/mol. The number of halogens is 1. The molecule has 0 atom stereocenters. The maximum atomic E-state index is 13.2. The Morgan fingerprint density at radius 1 is 1.21 bits per heavy atom. The van der Waals surface area contributed by atoms with Crippen molar-refractivity contribution in [2.75, 3.05) is 32.8 Å². The normalized spacial score (nSPS) is 18.8. The molecule has 0 bridgehead atoms. The molecule has 1 aromatic heterocycles. The molecule has 156 valence electrons. The minimum atomic E-state index is 0.0297. The van der Waals surface area contributed by atoms with Crippen molar-refractivity contribution >= 4 is 17.5 Å². The van der Waals surface area contributed by atoms with Crippen molar-refractivity contribution in [2.45, 2.75) is 45.1 Å². The molecule has 1 saturated heterocycles. The van der Waals surface area contributed by atoms with Gasteiger partial charge in [-0.3, -0.25) is 14.8 Å². The number of hydrogen-bond acceptors (Lipinski definition) is 4. The van der Waals surface area contributed by atoms with Crippen molar-refractivity contribution in [3.63, 3.8) is 0 Å². The predicted octanol–water partition coefficient (Wildman–Crippen LogP) is 4.22. The van der Waals surface area contributed by atoms with Crippen molar-refractivity contribution < 1.29 is 9.53 Å². The van der Waals surface area contributed by atoms with Gasteiger partial charge >= 0.3 is 0 Å². The second-order valence-corrected chi connectivity index (χ2v) is 8.26. The lowest BCUT2D eigenvalue weighted by Gasteiger charge is -2.40. The third kappa shape index (κ3) is 4.43. The highest BCUT2D eigenvalue weighted by molar-refractivity contribution is 6.32. The van der Waals surface area contributed by atoms with Gasteiger partial charge in [0.25, 0.3) is 5.91 Å². The smallest absolute Gasteiger partial charge is 0.257 e. The molecule has 1 N–H and O–H groups in total. The van der Waals surface area contributed by atoms with Crippen LogP contribution in [0.3, 0.4) is 0 Å². The summed E-state index contributed by atoms with van der Waals surface area (Å²) in [5.41, 5.74) is 2.13. The predicted molar refractivity (Wildman–Crippen MR) is 115 cm³/mol. The molecule has 0 radical (unpaired) electrons. The first-order valence-electron chi connectivity index (χ1n) is 10.7. The molecular weight excluding hydrogens is 388 g/mol. The van der Waals surface area contributed by atoms with E-state index < -0.39 is 0 Å². The first kappa shape index (κ1) is 20.2. The Bertz CT molecular complexity index is 839. The van der Waals surface area contributed by atoms with E-state index in [0.717, 1.165) is 31.7 Å². The summed E-state index contributed by atoms with van der Waals surface area (Å²) in [4.78, 5) is 17.7. The molecule has 0 unspecified atom stereocenters. The largest absolute Gasteiger partial charge is 0.492 e. The summed E-state index contributed by atoms with van der Waals surface area (Å²) in [5.74, 6) is 0.672. The molecule has 1 saturated carbocycles. The fourth-order valence-electron chi connectivity index (χ4n) is 4.50. The van der Waals surface area contributed by atoms with Crippen LogP contribution in [0.2, 0.25) is 5.02 Å². The third-order valence-electron chi connectivity index (χ3n) is 6.08. The number of rotatable bonds is 5. The van der Waals surface area contributed by atoms with Crippen LogP contribution < -0.4 is 4.74 Å². The average Bonchev–Trinajstić information content (AvgIpc) is 3.25. The summed E-state index contributed by atoms with van der Waals surface area (Å²) >= 11 is 6.34. The topological polar surface area (TPSA) is 61.5 Å². The van der Waals surface area contributed by atoms with Crippen LogP contribution in [-0.4, -0.2) is 64.7 Å². The Morgan fingerprint density at radius 3 is 2.66 bits per heavy atom. The van der Waals surface area contributed by atoms with Gasteiger partial charge in [-0.15, -0.1) is 0 Å². The number of aromatic amines is 1. The zero-order chi connectivity index (χ0) is 20.2. The highest BCUT2D eigenvalue weighted by Crippen LogP contribution is 2.31. The number of nitrogens with one attached hydrogen (secondary N) is 1. The fraction of sp³-hybridized carbons (Fsp3) is 0.545. The number of ether oxygens (including phenoxy) is 1. The van der Waals surface area contributed by atoms with Crippen LogP contribution in [0.5, 0.6) is 5.75 Å². The SMILES string of the molecule is CCOc1ccc(-c2[nH]ncc2C(=O)N2CCN(C3CCCCC3)CC2)cc1Cl. The van der Waals surface area contributed by atoms with Gasteiger partial charge in [-0.1, -0.05) is 30.9 Å². The number of carbonyl (C=O) groups excluding carboxylic acids is 1. The van der Waals surface area contributed by atoms with Crippen molar-refractivity contribution in [3.05, 3.63) is 35.0 Å². The van der Waals surface area contributed by atoms with Crippen molar-refractivity contribution in [2.24, 2.45) is 0 Å². The number of nitrogens with zero attached hydrogens (tertiary/aromatic N) is 3. The lowest BCUT2D eigenvalue weighted by molar-refractivity contribution is 0.0524. The molecule has 1 amide bonds. The van der Waals surface area contributed by atoms with E-state index in [4.69, 9.17) is 16.3 Å². The van der Waals surface area contributed by atoms with Crippen LogP contribution in [0.15, 0.2) is 24.4 Å². The van der Waals surface area contributed by atoms with Crippen LogP contribution in [0.4, 0.5) is 0 Å². The van der Waals surface area contributed by atoms with Gasteiger partial charge in [0.1, 0.15) is 5.75 Å². The summed E-state index contributed by atoms with van der Waals surface area (Å²) in [6.45, 7) is 5.93. The maximum Gasteiger partial charge on any atom is 0.257 e. The van der Waals surface area contributed by atoms with E-state index in [0.29, 0.717) is 34.7 Å². The van der Waals surface area contributed by atoms with E-state index in [1.54, 1.807) is 6.20 Å². The standard InChI is InChI=1S/C22H29ClN4O2/c1-2-29-20-9-8-16(14-19(20)23)21-18(15-24-25-21)22(28)27-12-10-26(11-13-27)17-6-4-3-5-7-17/h8-9,14-15,17H,2-7,10-13H2,1H3,(H,24,25). The van der Waals surface area contributed by atoms with E-state index >= 15 is 0 Å². The number of carbonyl (C=O) groups is 1. The molecule has 6 nitrogen and oxygen atoms in total. The zero-order valence-corrected chi connectivity index (χ0v) is 17.7. The Balaban J connectivity index is 1.44. The second-order valence-electron chi connectivity index (χ2n) is 7.86. The minimum absolute atomic E-state index is 0.0297. The van der Waals surface area contributed by atoms with Crippen LogP contribution in [0.25, 0.3) is 11.3 Å². The Hall–Kier alpha value is -2.05. The minimum Gasteiger partial charge on any atom is -0.492 e. The molecule has 4 rings (SSSR count). The molecular formula is C22H29ClN4O2. The molecule has 29 heavy (non-hydrogen) atoms. The second kappa shape index (κ2) is 9.18. The van der Waals surface area contributed by atoms with Crippen molar-refractivity contribution in [1.82, 2.24) is 20.0 Å². The first-order valence-corrected chi connectivity index (χ1v) is 11.0. The van der Waals surface area contributed by atoms with Gasteiger partial charge in [0.05, 0.1) is 29.1 Å². The van der Waals surface area contributed by atoms with E-state index in [9.17, 15) is 4.79 Å². The highest BCUT2D eigenvalue weighted by atomic mass is 35.5. The van der Waals surface area contributed by atoms with E-state index in [1.165, 1.54) is 32.1 Å². The Labute approximate surface area is 177 Å². The van der Waals surface area contributed by atoms with Gasteiger partial charge in [0, 0.05) is 37.8 Å². The maximum absolute atomic E-state index is 13.2. The number of hydrogen-bond donors (Lipinski definition) is 1. The van der Waals surface area contributed by atoms with Gasteiger partial charge in [0.15, 0.2) is 0 Å².